The molecule has 0 aromatic heterocycles. The van der Waals surface area contributed by atoms with Crippen molar-refractivity contribution in [2.45, 2.75) is 13.0 Å². The molecule has 1 aliphatic heterocycles. The maximum atomic E-state index is 4.25. The third kappa shape index (κ3) is 2.38. The third-order valence-corrected chi connectivity index (χ3v) is 2.93. The fraction of sp³-hybridized carbons (Fsp3) is 1.00. The average Bonchev–Trinajstić information content (AvgIpc) is 2.32. The SMILES string of the molecule is CC1CN(CCS)CC1N(C)C. The molecule has 0 amide bonds. The van der Waals surface area contributed by atoms with E-state index < -0.39 is 0 Å². The summed E-state index contributed by atoms with van der Waals surface area (Å²) in [6.45, 7) is 5.93. The molecule has 1 aliphatic rings. The van der Waals surface area contributed by atoms with Crippen molar-refractivity contribution in [3.8, 4) is 0 Å². The molecule has 0 N–H and O–H groups in total. The molecule has 3 heteroatoms. The van der Waals surface area contributed by atoms with E-state index in [1.165, 1.54) is 13.1 Å². The van der Waals surface area contributed by atoms with E-state index in [2.05, 4.69) is 43.4 Å². The zero-order valence-corrected chi connectivity index (χ0v) is 9.22. The Balaban J connectivity index is 2.39. The van der Waals surface area contributed by atoms with Crippen LogP contribution < -0.4 is 0 Å². The molecule has 0 radical (unpaired) electrons. The summed E-state index contributed by atoms with van der Waals surface area (Å²) in [5.74, 6) is 1.78. The molecule has 72 valence electrons. The van der Waals surface area contributed by atoms with E-state index in [0.717, 1.165) is 24.3 Å². The molecule has 1 saturated heterocycles. The van der Waals surface area contributed by atoms with Gasteiger partial charge in [-0.1, -0.05) is 6.92 Å². The monoisotopic (exact) mass is 188 g/mol. The molecule has 2 nitrogen and oxygen atoms in total. The van der Waals surface area contributed by atoms with Gasteiger partial charge in [-0.25, -0.2) is 0 Å². The van der Waals surface area contributed by atoms with E-state index >= 15 is 0 Å². The Labute approximate surface area is 81.3 Å². The summed E-state index contributed by atoms with van der Waals surface area (Å²) < 4.78 is 0. The summed E-state index contributed by atoms with van der Waals surface area (Å²) in [6, 6.07) is 0.741. The predicted octanol–water partition coefficient (Wildman–Crippen LogP) is 0.798. The minimum Gasteiger partial charge on any atom is -0.305 e. The van der Waals surface area contributed by atoms with E-state index in [9.17, 15) is 0 Å². The number of rotatable bonds is 3. The lowest BCUT2D eigenvalue weighted by molar-refractivity contribution is 0.255. The van der Waals surface area contributed by atoms with Gasteiger partial charge in [0.15, 0.2) is 0 Å². The molecule has 0 saturated carbocycles. The van der Waals surface area contributed by atoms with Crippen LogP contribution in [0.3, 0.4) is 0 Å². The zero-order chi connectivity index (χ0) is 9.14. The van der Waals surface area contributed by atoms with Crippen molar-refractivity contribution in [1.82, 2.24) is 9.80 Å². The van der Waals surface area contributed by atoms with Crippen LogP contribution in [0.25, 0.3) is 0 Å². The standard InChI is InChI=1S/C9H20N2S/c1-8-6-11(4-5-12)7-9(8)10(2)3/h8-9,12H,4-7H2,1-3H3. The summed E-state index contributed by atoms with van der Waals surface area (Å²) in [5.41, 5.74) is 0. The van der Waals surface area contributed by atoms with Crippen LogP contribution in [0.1, 0.15) is 6.92 Å². The Morgan fingerprint density at radius 3 is 2.50 bits per heavy atom. The van der Waals surface area contributed by atoms with Crippen LogP contribution in [-0.2, 0) is 0 Å². The first-order valence-electron chi connectivity index (χ1n) is 4.64. The van der Waals surface area contributed by atoms with Crippen molar-refractivity contribution in [2.75, 3.05) is 39.5 Å². The van der Waals surface area contributed by atoms with Crippen LogP contribution in [0.4, 0.5) is 0 Å². The molecule has 0 bridgehead atoms. The second kappa shape index (κ2) is 4.49. The molecule has 0 aromatic rings. The normalized spacial score (nSPS) is 31.8. The van der Waals surface area contributed by atoms with E-state index in [1.807, 2.05) is 0 Å². The lowest BCUT2D eigenvalue weighted by Gasteiger charge is -2.22. The maximum absolute atomic E-state index is 4.25. The van der Waals surface area contributed by atoms with Gasteiger partial charge in [0.25, 0.3) is 0 Å². The van der Waals surface area contributed by atoms with Crippen LogP contribution in [0, 0.1) is 5.92 Å². The van der Waals surface area contributed by atoms with Crippen molar-refractivity contribution < 1.29 is 0 Å². The quantitative estimate of drug-likeness (QED) is 0.655. The molecular weight excluding hydrogens is 168 g/mol. The summed E-state index contributed by atoms with van der Waals surface area (Å²) in [7, 11) is 4.34. The van der Waals surface area contributed by atoms with Gasteiger partial charge in [-0.15, -0.1) is 0 Å². The van der Waals surface area contributed by atoms with E-state index in [0.29, 0.717) is 0 Å². The first kappa shape index (κ1) is 10.4. The number of likely N-dealkylation sites (tertiary alicyclic amines) is 1. The average molecular weight is 188 g/mol. The molecule has 0 aromatic carbocycles. The maximum Gasteiger partial charge on any atom is 0.0254 e. The van der Waals surface area contributed by atoms with Crippen molar-refractivity contribution >= 4 is 12.6 Å². The molecule has 1 fully saturated rings. The molecular formula is C9H20N2S. The molecule has 2 atom stereocenters. The van der Waals surface area contributed by atoms with Gasteiger partial charge in [-0.2, -0.15) is 12.6 Å². The van der Waals surface area contributed by atoms with Crippen LogP contribution in [0.15, 0.2) is 0 Å². The second-order valence-corrected chi connectivity index (χ2v) is 4.44. The highest BCUT2D eigenvalue weighted by Gasteiger charge is 2.29. The van der Waals surface area contributed by atoms with Gasteiger partial charge in [0.05, 0.1) is 0 Å². The lowest BCUT2D eigenvalue weighted by atomic mass is 10.1. The van der Waals surface area contributed by atoms with E-state index in [1.54, 1.807) is 0 Å². The van der Waals surface area contributed by atoms with Gasteiger partial charge >= 0.3 is 0 Å². The number of nitrogens with zero attached hydrogens (tertiary/aromatic N) is 2. The van der Waals surface area contributed by atoms with Crippen molar-refractivity contribution in [1.29, 1.82) is 0 Å². The summed E-state index contributed by atoms with van der Waals surface area (Å²) >= 11 is 4.25. The summed E-state index contributed by atoms with van der Waals surface area (Å²) in [5, 5.41) is 0. The van der Waals surface area contributed by atoms with Gasteiger partial charge in [0.2, 0.25) is 0 Å². The highest BCUT2D eigenvalue weighted by molar-refractivity contribution is 7.80. The lowest BCUT2D eigenvalue weighted by Crippen LogP contribution is -2.34. The first-order valence-corrected chi connectivity index (χ1v) is 5.28. The Morgan fingerprint density at radius 2 is 2.08 bits per heavy atom. The first-order chi connectivity index (χ1) is 5.65. The summed E-state index contributed by atoms with van der Waals surface area (Å²) in [6.07, 6.45) is 0. The Bertz CT molecular complexity index is 138. The minimum atomic E-state index is 0.741. The van der Waals surface area contributed by atoms with Gasteiger partial charge in [-0.05, 0) is 20.0 Å². The van der Waals surface area contributed by atoms with Crippen molar-refractivity contribution in [3.05, 3.63) is 0 Å². The fourth-order valence-corrected chi connectivity index (χ4v) is 2.33. The van der Waals surface area contributed by atoms with Crippen LogP contribution in [0.2, 0.25) is 0 Å². The fourth-order valence-electron chi connectivity index (χ4n) is 2.04. The van der Waals surface area contributed by atoms with Gasteiger partial charge in [0.1, 0.15) is 0 Å². The largest absolute Gasteiger partial charge is 0.305 e. The predicted molar refractivity (Wildman–Crippen MR) is 56.9 cm³/mol. The Hall–Kier alpha value is 0.270. The molecule has 0 spiro atoms. The highest BCUT2D eigenvalue weighted by Crippen LogP contribution is 2.19. The van der Waals surface area contributed by atoms with Gasteiger partial charge in [-0.3, -0.25) is 0 Å². The van der Waals surface area contributed by atoms with Gasteiger partial charge in [0, 0.05) is 31.4 Å². The minimum absolute atomic E-state index is 0.741. The molecule has 1 rings (SSSR count). The smallest absolute Gasteiger partial charge is 0.0254 e. The molecule has 2 unspecified atom stereocenters. The van der Waals surface area contributed by atoms with E-state index in [-0.39, 0.29) is 0 Å². The number of likely N-dealkylation sites (N-methyl/N-ethyl adjacent to an activating group) is 1. The highest BCUT2D eigenvalue weighted by atomic mass is 32.1. The molecule has 12 heavy (non-hydrogen) atoms. The topological polar surface area (TPSA) is 6.48 Å². The van der Waals surface area contributed by atoms with Crippen molar-refractivity contribution in [2.24, 2.45) is 5.92 Å². The van der Waals surface area contributed by atoms with Crippen LogP contribution in [-0.4, -0.2) is 55.3 Å². The van der Waals surface area contributed by atoms with Crippen LogP contribution in [0.5, 0.6) is 0 Å². The number of hydrogen-bond acceptors (Lipinski definition) is 3. The molecule has 1 heterocycles. The summed E-state index contributed by atoms with van der Waals surface area (Å²) in [4.78, 5) is 4.84. The Kier molecular flexibility index (Phi) is 3.87. The van der Waals surface area contributed by atoms with Crippen molar-refractivity contribution in [3.63, 3.8) is 0 Å². The number of thiol groups is 1. The van der Waals surface area contributed by atoms with Gasteiger partial charge < -0.3 is 9.80 Å². The third-order valence-electron chi connectivity index (χ3n) is 2.73. The second-order valence-electron chi connectivity index (χ2n) is 3.99. The number of hydrogen-bond donors (Lipinski definition) is 1. The molecule has 0 aliphatic carbocycles. The van der Waals surface area contributed by atoms with Crippen LogP contribution >= 0.6 is 12.6 Å². The zero-order valence-electron chi connectivity index (χ0n) is 8.32. The van der Waals surface area contributed by atoms with E-state index in [4.69, 9.17) is 0 Å². The Morgan fingerprint density at radius 1 is 1.42 bits per heavy atom.